The highest BCUT2D eigenvalue weighted by atomic mass is 16.2. The summed E-state index contributed by atoms with van der Waals surface area (Å²) in [6.07, 6.45) is 0.952. The SMILES string of the molecule is CCCNC(=O)CN1CCN([C@H](C)C(=O)Nc2ccccc2)CC1. The average molecular weight is 332 g/mol. The van der Waals surface area contributed by atoms with E-state index in [2.05, 4.69) is 20.4 Å². The Morgan fingerprint density at radius 3 is 2.42 bits per heavy atom. The third kappa shape index (κ3) is 5.62. The van der Waals surface area contributed by atoms with Gasteiger partial charge in [0.1, 0.15) is 0 Å². The summed E-state index contributed by atoms with van der Waals surface area (Å²) in [6, 6.07) is 9.33. The van der Waals surface area contributed by atoms with Crippen molar-refractivity contribution in [3.63, 3.8) is 0 Å². The molecule has 132 valence electrons. The monoisotopic (exact) mass is 332 g/mol. The highest BCUT2D eigenvalue weighted by Crippen LogP contribution is 2.10. The van der Waals surface area contributed by atoms with Gasteiger partial charge < -0.3 is 10.6 Å². The number of hydrogen-bond donors (Lipinski definition) is 2. The van der Waals surface area contributed by atoms with Crippen LogP contribution in [0.4, 0.5) is 5.69 Å². The van der Waals surface area contributed by atoms with Crippen LogP contribution in [0.2, 0.25) is 0 Å². The molecule has 2 amide bonds. The summed E-state index contributed by atoms with van der Waals surface area (Å²) in [5.74, 6) is 0.0931. The van der Waals surface area contributed by atoms with Crippen LogP contribution in [0.25, 0.3) is 0 Å². The van der Waals surface area contributed by atoms with Crippen LogP contribution in [0, 0.1) is 0 Å². The molecular weight excluding hydrogens is 304 g/mol. The molecule has 1 heterocycles. The maximum Gasteiger partial charge on any atom is 0.241 e. The van der Waals surface area contributed by atoms with E-state index in [1.54, 1.807) is 0 Å². The Bertz CT molecular complexity index is 527. The summed E-state index contributed by atoms with van der Waals surface area (Å²) in [6.45, 7) is 8.36. The Morgan fingerprint density at radius 2 is 1.79 bits per heavy atom. The number of para-hydroxylation sites is 1. The second-order valence-corrected chi connectivity index (χ2v) is 6.19. The standard InChI is InChI=1S/C18H28N4O2/c1-3-9-19-17(23)14-21-10-12-22(13-11-21)15(2)18(24)20-16-7-5-4-6-8-16/h4-8,15H,3,9-14H2,1-2H3,(H,19,23)(H,20,24)/t15-/m1/s1. The van der Waals surface area contributed by atoms with Gasteiger partial charge in [0.05, 0.1) is 12.6 Å². The number of rotatable bonds is 7. The van der Waals surface area contributed by atoms with Crippen LogP contribution in [0.1, 0.15) is 20.3 Å². The van der Waals surface area contributed by atoms with E-state index in [1.165, 1.54) is 0 Å². The molecule has 1 aliphatic heterocycles. The Kier molecular flexibility index (Phi) is 7.21. The predicted molar refractivity (Wildman–Crippen MR) is 95.8 cm³/mol. The zero-order valence-corrected chi connectivity index (χ0v) is 14.6. The molecule has 1 aromatic rings. The molecule has 2 rings (SSSR count). The summed E-state index contributed by atoms with van der Waals surface area (Å²) < 4.78 is 0. The number of amides is 2. The molecule has 1 fully saturated rings. The molecular formula is C18H28N4O2. The van der Waals surface area contributed by atoms with Gasteiger partial charge in [0, 0.05) is 38.4 Å². The molecule has 0 aromatic heterocycles. The van der Waals surface area contributed by atoms with Crippen LogP contribution >= 0.6 is 0 Å². The van der Waals surface area contributed by atoms with Crippen molar-refractivity contribution >= 4 is 17.5 Å². The fourth-order valence-corrected chi connectivity index (χ4v) is 2.77. The molecule has 1 saturated heterocycles. The number of hydrogen-bond acceptors (Lipinski definition) is 4. The van der Waals surface area contributed by atoms with E-state index in [0.717, 1.165) is 44.8 Å². The first-order valence-electron chi connectivity index (χ1n) is 8.69. The Balaban J connectivity index is 1.75. The third-order valence-corrected chi connectivity index (χ3v) is 4.31. The number of anilines is 1. The summed E-state index contributed by atoms with van der Waals surface area (Å²) in [5.41, 5.74) is 0.820. The number of nitrogens with zero attached hydrogens (tertiary/aromatic N) is 2. The second-order valence-electron chi connectivity index (χ2n) is 6.19. The van der Waals surface area contributed by atoms with Crippen molar-refractivity contribution in [1.29, 1.82) is 0 Å². The molecule has 0 saturated carbocycles. The zero-order chi connectivity index (χ0) is 17.4. The van der Waals surface area contributed by atoms with E-state index >= 15 is 0 Å². The summed E-state index contributed by atoms with van der Waals surface area (Å²) >= 11 is 0. The first-order valence-corrected chi connectivity index (χ1v) is 8.69. The molecule has 0 aliphatic carbocycles. The van der Waals surface area contributed by atoms with Crippen LogP contribution < -0.4 is 10.6 Å². The maximum absolute atomic E-state index is 12.4. The van der Waals surface area contributed by atoms with Crippen LogP contribution in [0.3, 0.4) is 0 Å². The smallest absolute Gasteiger partial charge is 0.241 e. The minimum Gasteiger partial charge on any atom is -0.355 e. The molecule has 2 N–H and O–H groups in total. The lowest BCUT2D eigenvalue weighted by Crippen LogP contribution is -2.54. The molecule has 1 aliphatic rings. The van der Waals surface area contributed by atoms with Crippen molar-refractivity contribution in [2.24, 2.45) is 0 Å². The van der Waals surface area contributed by atoms with Crippen molar-refractivity contribution in [3.05, 3.63) is 30.3 Å². The number of nitrogens with one attached hydrogen (secondary N) is 2. The predicted octanol–water partition coefficient (Wildman–Crippen LogP) is 1.16. The van der Waals surface area contributed by atoms with Gasteiger partial charge >= 0.3 is 0 Å². The van der Waals surface area contributed by atoms with E-state index in [1.807, 2.05) is 44.2 Å². The third-order valence-electron chi connectivity index (χ3n) is 4.31. The van der Waals surface area contributed by atoms with E-state index in [-0.39, 0.29) is 17.9 Å². The zero-order valence-electron chi connectivity index (χ0n) is 14.6. The van der Waals surface area contributed by atoms with Crippen molar-refractivity contribution in [2.45, 2.75) is 26.3 Å². The number of benzene rings is 1. The summed E-state index contributed by atoms with van der Waals surface area (Å²) in [7, 11) is 0. The van der Waals surface area contributed by atoms with Gasteiger partial charge in [0.2, 0.25) is 11.8 Å². The largest absolute Gasteiger partial charge is 0.355 e. The van der Waals surface area contributed by atoms with E-state index in [9.17, 15) is 9.59 Å². The maximum atomic E-state index is 12.4. The van der Waals surface area contributed by atoms with Crippen molar-refractivity contribution in [3.8, 4) is 0 Å². The fraction of sp³-hybridized carbons (Fsp3) is 0.556. The number of carbonyl (C=O) groups excluding carboxylic acids is 2. The van der Waals surface area contributed by atoms with Crippen molar-refractivity contribution < 1.29 is 9.59 Å². The van der Waals surface area contributed by atoms with E-state index in [0.29, 0.717) is 6.54 Å². The second kappa shape index (κ2) is 9.39. The van der Waals surface area contributed by atoms with E-state index in [4.69, 9.17) is 0 Å². The van der Waals surface area contributed by atoms with Gasteiger partial charge in [-0.3, -0.25) is 19.4 Å². The lowest BCUT2D eigenvalue weighted by molar-refractivity contribution is -0.124. The van der Waals surface area contributed by atoms with Crippen LogP contribution in [0.15, 0.2) is 30.3 Å². The first kappa shape index (κ1) is 18.4. The van der Waals surface area contributed by atoms with Crippen LogP contribution in [-0.4, -0.2) is 66.9 Å². The Morgan fingerprint density at radius 1 is 1.12 bits per heavy atom. The van der Waals surface area contributed by atoms with Crippen LogP contribution in [0.5, 0.6) is 0 Å². The highest BCUT2D eigenvalue weighted by molar-refractivity contribution is 5.94. The van der Waals surface area contributed by atoms with Crippen LogP contribution in [-0.2, 0) is 9.59 Å². The van der Waals surface area contributed by atoms with Gasteiger partial charge in [0.25, 0.3) is 0 Å². The van der Waals surface area contributed by atoms with Gasteiger partial charge in [-0.05, 0) is 25.5 Å². The molecule has 0 bridgehead atoms. The highest BCUT2D eigenvalue weighted by Gasteiger charge is 2.26. The molecule has 6 heteroatoms. The molecule has 6 nitrogen and oxygen atoms in total. The molecule has 0 unspecified atom stereocenters. The van der Waals surface area contributed by atoms with Gasteiger partial charge in [-0.15, -0.1) is 0 Å². The first-order chi connectivity index (χ1) is 11.6. The quantitative estimate of drug-likeness (QED) is 0.786. The fourth-order valence-electron chi connectivity index (χ4n) is 2.77. The summed E-state index contributed by atoms with van der Waals surface area (Å²) in [5, 5.41) is 5.85. The van der Waals surface area contributed by atoms with Gasteiger partial charge in [-0.1, -0.05) is 25.1 Å². The topological polar surface area (TPSA) is 64.7 Å². The average Bonchev–Trinajstić information content (AvgIpc) is 2.61. The molecule has 1 aromatic carbocycles. The molecule has 1 atom stereocenters. The van der Waals surface area contributed by atoms with Gasteiger partial charge in [0.15, 0.2) is 0 Å². The van der Waals surface area contributed by atoms with Gasteiger partial charge in [-0.2, -0.15) is 0 Å². The Labute approximate surface area is 144 Å². The van der Waals surface area contributed by atoms with Crippen molar-refractivity contribution in [1.82, 2.24) is 15.1 Å². The van der Waals surface area contributed by atoms with Crippen molar-refractivity contribution in [2.75, 3.05) is 44.6 Å². The molecule has 0 spiro atoms. The lowest BCUT2D eigenvalue weighted by Gasteiger charge is -2.37. The molecule has 0 radical (unpaired) electrons. The molecule has 24 heavy (non-hydrogen) atoms. The number of carbonyl (C=O) groups is 2. The van der Waals surface area contributed by atoms with E-state index < -0.39 is 0 Å². The van der Waals surface area contributed by atoms with Gasteiger partial charge in [-0.25, -0.2) is 0 Å². The lowest BCUT2D eigenvalue weighted by atomic mass is 10.2. The minimum atomic E-state index is -0.179. The minimum absolute atomic E-state index is 0.00957. The number of piperazine rings is 1. The normalized spacial score (nSPS) is 17.2. The summed E-state index contributed by atoms with van der Waals surface area (Å²) in [4.78, 5) is 28.4. The Hall–Kier alpha value is -1.92.